The number of anilines is 6. The minimum atomic E-state index is 0.133. The minimum absolute atomic E-state index is 0.133. The van der Waals surface area contributed by atoms with E-state index >= 15 is 0 Å². The van der Waals surface area contributed by atoms with Crippen molar-refractivity contribution in [3.8, 4) is 11.1 Å². The first-order valence-electron chi connectivity index (χ1n) is 17.0. The number of hydrogen-bond donors (Lipinski definition) is 0. The molecule has 2 bridgehead atoms. The first-order chi connectivity index (χ1) is 22.8. The Hall–Kier alpha value is -5.02. The summed E-state index contributed by atoms with van der Waals surface area (Å²) in [5, 5.41) is 0. The Morgan fingerprint density at radius 2 is 1.15 bits per heavy atom. The van der Waals surface area contributed by atoms with Crippen LogP contribution in [0, 0.1) is 11.8 Å². The highest BCUT2D eigenvalue weighted by Crippen LogP contribution is 2.66. The van der Waals surface area contributed by atoms with Crippen LogP contribution in [-0.4, -0.2) is 6.71 Å². The van der Waals surface area contributed by atoms with Gasteiger partial charge in [0.1, 0.15) is 0 Å². The molecule has 1 spiro atoms. The van der Waals surface area contributed by atoms with Gasteiger partial charge in [-0.05, 0) is 118 Å². The van der Waals surface area contributed by atoms with Gasteiger partial charge >= 0.3 is 0 Å². The Kier molecular flexibility index (Phi) is 4.95. The standard InChI is InChI=1S/C43H33BN2/c1-3-12-30(13-4-1)45-36-19-10-9-18-35(36)44-41-37(45)20-11-21-38(41)46(31-14-5-2-6-15-31)39-25-24-34-40(42(39)44)32-16-7-8-17-33(32)43(34)27-28-22-23-29(43)26-28/h1-21,24-25,28-29H,22-23,26-27H2/t28?,29?,43-/m0/s1. The van der Waals surface area contributed by atoms with E-state index < -0.39 is 0 Å². The second kappa shape index (κ2) is 9.04. The molecular formula is C43H33BN2. The Labute approximate surface area is 271 Å². The highest BCUT2D eigenvalue weighted by Gasteiger charge is 2.58. The molecule has 218 valence electrons. The number of rotatable bonds is 2. The second-order valence-electron chi connectivity index (χ2n) is 14.1. The fourth-order valence-corrected chi connectivity index (χ4v) is 10.6. The van der Waals surface area contributed by atoms with Crippen LogP contribution in [0.5, 0.6) is 0 Å². The summed E-state index contributed by atoms with van der Waals surface area (Å²) in [7, 11) is 0. The zero-order valence-corrected chi connectivity index (χ0v) is 25.7. The van der Waals surface area contributed by atoms with Crippen LogP contribution in [0.25, 0.3) is 11.1 Å². The molecule has 0 amide bonds. The van der Waals surface area contributed by atoms with Crippen LogP contribution in [-0.2, 0) is 5.41 Å². The van der Waals surface area contributed by atoms with Gasteiger partial charge in [-0.3, -0.25) is 0 Å². The normalized spacial score (nSPS) is 22.4. The maximum absolute atomic E-state index is 2.55. The molecule has 6 aromatic rings. The molecule has 0 saturated heterocycles. The summed E-state index contributed by atoms with van der Waals surface area (Å²) in [6.45, 7) is 0.133. The third kappa shape index (κ3) is 3.04. The lowest BCUT2D eigenvalue weighted by Gasteiger charge is -2.45. The summed E-state index contributed by atoms with van der Waals surface area (Å²) in [6, 6.07) is 52.6. The van der Waals surface area contributed by atoms with Gasteiger partial charge in [-0.25, -0.2) is 0 Å². The van der Waals surface area contributed by atoms with E-state index in [1.807, 2.05) is 0 Å². The summed E-state index contributed by atoms with van der Waals surface area (Å²) in [6.07, 6.45) is 5.44. The van der Waals surface area contributed by atoms with E-state index in [1.165, 1.54) is 87.3 Å². The lowest BCUT2D eigenvalue weighted by molar-refractivity contribution is 0.327. The summed E-state index contributed by atoms with van der Waals surface area (Å²) >= 11 is 0. The maximum atomic E-state index is 2.55. The van der Waals surface area contributed by atoms with E-state index in [-0.39, 0.29) is 12.1 Å². The van der Waals surface area contributed by atoms with Crippen molar-refractivity contribution in [3.63, 3.8) is 0 Å². The quantitative estimate of drug-likeness (QED) is 0.186. The van der Waals surface area contributed by atoms with Gasteiger partial charge in [0, 0.05) is 39.5 Å². The predicted molar refractivity (Wildman–Crippen MR) is 192 cm³/mol. The van der Waals surface area contributed by atoms with Gasteiger partial charge in [0.2, 0.25) is 0 Å². The molecule has 46 heavy (non-hydrogen) atoms. The molecule has 2 heterocycles. The van der Waals surface area contributed by atoms with Crippen LogP contribution in [0.1, 0.15) is 36.8 Å². The van der Waals surface area contributed by atoms with Crippen LogP contribution in [0.4, 0.5) is 34.1 Å². The first-order valence-corrected chi connectivity index (χ1v) is 17.0. The molecule has 0 aromatic heterocycles. The van der Waals surface area contributed by atoms with E-state index in [1.54, 1.807) is 11.1 Å². The second-order valence-corrected chi connectivity index (χ2v) is 14.1. The van der Waals surface area contributed by atoms with Crippen LogP contribution < -0.4 is 26.2 Å². The number of para-hydroxylation sites is 3. The Bertz CT molecular complexity index is 2190. The molecule has 3 heteroatoms. The third-order valence-electron chi connectivity index (χ3n) is 12.1. The van der Waals surface area contributed by atoms with Gasteiger partial charge in [0.15, 0.2) is 0 Å². The van der Waals surface area contributed by atoms with E-state index in [4.69, 9.17) is 0 Å². The summed E-state index contributed by atoms with van der Waals surface area (Å²) < 4.78 is 0. The molecule has 6 aromatic carbocycles. The van der Waals surface area contributed by atoms with Gasteiger partial charge < -0.3 is 9.80 Å². The molecule has 0 N–H and O–H groups in total. The van der Waals surface area contributed by atoms with E-state index in [9.17, 15) is 0 Å². The van der Waals surface area contributed by atoms with E-state index in [0.717, 1.165) is 11.8 Å². The van der Waals surface area contributed by atoms with Crippen molar-refractivity contribution < 1.29 is 0 Å². The number of hydrogen-bond acceptors (Lipinski definition) is 2. The van der Waals surface area contributed by atoms with Crippen LogP contribution in [0.2, 0.25) is 0 Å². The maximum Gasteiger partial charge on any atom is 0.252 e. The number of benzene rings is 6. The van der Waals surface area contributed by atoms with Crippen LogP contribution in [0.15, 0.2) is 140 Å². The van der Waals surface area contributed by atoms with E-state index in [0.29, 0.717) is 0 Å². The largest absolute Gasteiger partial charge is 0.311 e. The van der Waals surface area contributed by atoms with Crippen molar-refractivity contribution >= 4 is 57.2 Å². The summed E-state index contributed by atoms with van der Waals surface area (Å²) in [5.74, 6) is 1.59. The van der Waals surface area contributed by atoms with Gasteiger partial charge in [-0.15, -0.1) is 0 Å². The van der Waals surface area contributed by atoms with Gasteiger partial charge in [-0.2, -0.15) is 0 Å². The molecule has 2 unspecified atom stereocenters. The summed E-state index contributed by atoms with van der Waals surface area (Å²) in [4.78, 5) is 5.05. The lowest BCUT2D eigenvalue weighted by atomic mass is 9.32. The van der Waals surface area contributed by atoms with E-state index in [2.05, 4.69) is 149 Å². The van der Waals surface area contributed by atoms with Gasteiger partial charge in [-0.1, -0.05) is 97.4 Å². The molecule has 3 atom stereocenters. The van der Waals surface area contributed by atoms with Crippen molar-refractivity contribution in [3.05, 3.63) is 151 Å². The number of fused-ring (bicyclic) bond motifs is 13. The van der Waals surface area contributed by atoms with Crippen molar-refractivity contribution in [2.75, 3.05) is 9.80 Å². The third-order valence-corrected chi connectivity index (χ3v) is 12.1. The summed E-state index contributed by atoms with van der Waals surface area (Å²) in [5.41, 5.74) is 18.1. The molecule has 0 radical (unpaired) electrons. The first kappa shape index (κ1) is 25.2. The Balaban J connectivity index is 1.28. The SMILES string of the molecule is c1ccc(N2c3ccccc3B3c4c2cccc4N(c2ccccc2)c2ccc4c(c23)-c2ccccc2[C@@]42CC3CCC2C3)cc1. The van der Waals surface area contributed by atoms with Crippen molar-refractivity contribution in [2.45, 2.75) is 31.1 Å². The molecule has 5 aliphatic rings. The molecule has 11 rings (SSSR count). The van der Waals surface area contributed by atoms with Crippen molar-refractivity contribution in [1.82, 2.24) is 0 Å². The fourth-order valence-electron chi connectivity index (χ4n) is 10.6. The molecule has 2 saturated carbocycles. The van der Waals surface area contributed by atoms with Crippen LogP contribution >= 0.6 is 0 Å². The van der Waals surface area contributed by atoms with Gasteiger partial charge in [0.05, 0.1) is 0 Å². The van der Waals surface area contributed by atoms with Gasteiger partial charge in [0.25, 0.3) is 6.71 Å². The average molecular weight is 589 g/mol. The molecule has 2 fully saturated rings. The highest BCUT2D eigenvalue weighted by molar-refractivity contribution is 7.01. The Morgan fingerprint density at radius 1 is 0.522 bits per heavy atom. The molecule has 3 aliphatic carbocycles. The zero-order valence-electron chi connectivity index (χ0n) is 25.7. The Morgan fingerprint density at radius 3 is 1.87 bits per heavy atom. The highest BCUT2D eigenvalue weighted by atomic mass is 15.2. The number of nitrogens with zero attached hydrogens (tertiary/aromatic N) is 2. The predicted octanol–water partition coefficient (Wildman–Crippen LogP) is 8.86. The van der Waals surface area contributed by atoms with Crippen molar-refractivity contribution in [2.24, 2.45) is 11.8 Å². The lowest BCUT2D eigenvalue weighted by Crippen LogP contribution is -2.62. The average Bonchev–Trinajstić information content (AvgIpc) is 3.82. The molecule has 2 aliphatic heterocycles. The van der Waals surface area contributed by atoms with Crippen molar-refractivity contribution in [1.29, 1.82) is 0 Å². The monoisotopic (exact) mass is 588 g/mol. The topological polar surface area (TPSA) is 6.48 Å². The zero-order chi connectivity index (χ0) is 30.0. The molecule has 2 nitrogen and oxygen atoms in total. The van der Waals surface area contributed by atoms with Crippen LogP contribution in [0.3, 0.4) is 0 Å². The molecular weight excluding hydrogens is 555 g/mol. The minimum Gasteiger partial charge on any atom is -0.311 e. The smallest absolute Gasteiger partial charge is 0.252 e. The fraction of sp³-hybridized carbons (Fsp3) is 0.163.